The highest BCUT2D eigenvalue weighted by Crippen LogP contribution is 2.26. The molecule has 1 aliphatic heterocycles. The molecule has 5 heteroatoms. The van der Waals surface area contributed by atoms with E-state index < -0.39 is 0 Å². The fourth-order valence-electron chi connectivity index (χ4n) is 1.91. The molecule has 0 saturated carbocycles. The molecule has 0 unspecified atom stereocenters. The van der Waals surface area contributed by atoms with E-state index in [0.29, 0.717) is 15.1 Å². The van der Waals surface area contributed by atoms with Gasteiger partial charge in [-0.15, -0.1) is 0 Å². The van der Waals surface area contributed by atoms with Gasteiger partial charge in [-0.25, -0.2) is 0 Å². The fraction of sp³-hybridized carbons (Fsp3) is 0.375. The van der Waals surface area contributed by atoms with E-state index in [2.05, 4.69) is 19.2 Å². The first-order valence-electron chi connectivity index (χ1n) is 7.02. The van der Waals surface area contributed by atoms with E-state index in [1.807, 2.05) is 30.3 Å². The summed E-state index contributed by atoms with van der Waals surface area (Å²) in [6, 6.07) is 7.75. The summed E-state index contributed by atoms with van der Waals surface area (Å²) < 4.78 is 6.20. The molecule has 3 nitrogen and oxygen atoms in total. The summed E-state index contributed by atoms with van der Waals surface area (Å²) >= 11 is 6.25. The maximum atomic E-state index is 11.6. The van der Waals surface area contributed by atoms with Crippen LogP contribution in [-0.4, -0.2) is 16.8 Å². The highest BCUT2D eigenvalue weighted by atomic mass is 32.2. The molecule has 1 saturated heterocycles. The van der Waals surface area contributed by atoms with Crippen molar-refractivity contribution in [3.8, 4) is 5.75 Å². The van der Waals surface area contributed by atoms with Crippen molar-refractivity contribution in [1.29, 1.82) is 0 Å². The number of thioether (sulfide) groups is 1. The highest BCUT2D eigenvalue weighted by Gasteiger charge is 2.21. The van der Waals surface area contributed by atoms with Crippen molar-refractivity contribution in [1.82, 2.24) is 5.32 Å². The van der Waals surface area contributed by atoms with Gasteiger partial charge < -0.3 is 10.1 Å². The largest absolute Gasteiger partial charge is 0.494 e. The van der Waals surface area contributed by atoms with Crippen LogP contribution in [-0.2, 0) is 4.79 Å². The first-order chi connectivity index (χ1) is 10.0. The molecule has 1 fully saturated rings. The molecular formula is C16H19NO2S2. The molecule has 0 aromatic heterocycles. The van der Waals surface area contributed by atoms with E-state index in [4.69, 9.17) is 17.0 Å². The first-order valence-corrected chi connectivity index (χ1v) is 8.25. The molecule has 112 valence electrons. The Morgan fingerprint density at radius 3 is 2.62 bits per heavy atom. The van der Waals surface area contributed by atoms with Crippen molar-refractivity contribution in [2.24, 2.45) is 5.92 Å². The maximum Gasteiger partial charge on any atom is 0.263 e. The van der Waals surface area contributed by atoms with E-state index >= 15 is 0 Å². The minimum absolute atomic E-state index is 0.126. The Bertz CT molecular complexity index is 550. The van der Waals surface area contributed by atoms with Gasteiger partial charge in [0.05, 0.1) is 11.5 Å². The average Bonchev–Trinajstić information content (AvgIpc) is 2.74. The summed E-state index contributed by atoms with van der Waals surface area (Å²) in [6.45, 7) is 5.17. The van der Waals surface area contributed by atoms with Crippen LogP contribution in [0, 0.1) is 5.92 Å². The molecule has 2 rings (SSSR count). The minimum atomic E-state index is -0.126. The zero-order valence-electron chi connectivity index (χ0n) is 12.2. The number of hydrogen-bond acceptors (Lipinski definition) is 4. The SMILES string of the molecule is CC(C)CCCOc1ccc(C=C2SC(=S)NC2=O)cc1. The fourth-order valence-corrected chi connectivity index (χ4v) is 2.96. The Labute approximate surface area is 135 Å². The number of thiocarbonyl (C=S) groups is 1. The van der Waals surface area contributed by atoms with E-state index in [-0.39, 0.29) is 5.91 Å². The zero-order chi connectivity index (χ0) is 15.2. The molecule has 1 aliphatic rings. The third-order valence-electron chi connectivity index (χ3n) is 3.01. The van der Waals surface area contributed by atoms with Crippen LogP contribution in [0.15, 0.2) is 29.2 Å². The van der Waals surface area contributed by atoms with Crippen molar-refractivity contribution in [3.05, 3.63) is 34.7 Å². The van der Waals surface area contributed by atoms with Crippen LogP contribution in [0.3, 0.4) is 0 Å². The lowest BCUT2D eigenvalue weighted by Gasteiger charge is -2.07. The number of rotatable bonds is 6. The van der Waals surface area contributed by atoms with Crippen molar-refractivity contribution in [2.75, 3.05) is 6.61 Å². The molecule has 1 N–H and O–H groups in total. The van der Waals surface area contributed by atoms with E-state index in [1.54, 1.807) is 0 Å². The van der Waals surface area contributed by atoms with E-state index in [9.17, 15) is 4.79 Å². The second-order valence-corrected chi connectivity index (χ2v) is 7.02. The van der Waals surface area contributed by atoms with Crippen LogP contribution in [0.2, 0.25) is 0 Å². The smallest absolute Gasteiger partial charge is 0.263 e. The van der Waals surface area contributed by atoms with Gasteiger partial charge >= 0.3 is 0 Å². The Hall–Kier alpha value is -1.33. The predicted octanol–water partition coefficient (Wildman–Crippen LogP) is 3.99. The quantitative estimate of drug-likeness (QED) is 0.488. The molecule has 1 aromatic rings. The summed E-state index contributed by atoms with van der Waals surface area (Å²) in [5.74, 6) is 1.45. The highest BCUT2D eigenvalue weighted by molar-refractivity contribution is 8.26. The number of hydrogen-bond donors (Lipinski definition) is 1. The molecule has 1 heterocycles. The van der Waals surface area contributed by atoms with Gasteiger partial charge in [0.1, 0.15) is 10.1 Å². The van der Waals surface area contributed by atoms with Gasteiger partial charge in [-0.3, -0.25) is 4.79 Å². The van der Waals surface area contributed by atoms with E-state index in [0.717, 1.165) is 24.3 Å². The third kappa shape index (κ3) is 5.17. The van der Waals surface area contributed by atoms with Crippen molar-refractivity contribution < 1.29 is 9.53 Å². The number of nitrogens with one attached hydrogen (secondary N) is 1. The summed E-state index contributed by atoms with van der Waals surface area (Å²) in [7, 11) is 0. The molecule has 1 amide bonds. The lowest BCUT2D eigenvalue weighted by molar-refractivity contribution is -0.115. The van der Waals surface area contributed by atoms with Crippen LogP contribution >= 0.6 is 24.0 Å². The molecule has 21 heavy (non-hydrogen) atoms. The monoisotopic (exact) mass is 321 g/mol. The van der Waals surface area contributed by atoms with Crippen LogP contribution in [0.1, 0.15) is 32.3 Å². The minimum Gasteiger partial charge on any atom is -0.494 e. The molecule has 0 bridgehead atoms. The van der Waals surface area contributed by atoms with Gasteiger partial charge in [0.15, 0.2) is 0 Å². The van der Waals surface area contributed by atoms with E-state index in [1.165, 1.54) is 18.2 Å². The van der Waals surface area contributed by atoms with Crippen LogP contribution in [0.5, 0.6) is 5.75 Å². The lowest BCUT2D eigenvalue weighted by Crippen LogP contribution is -2.17. The van der Waals surface area contributed by atoms with Gasteiger partial charge in [0.25, 0.3) is 5.91 Å². The van der Waals surface area contributed by atoms with Gasteiger partial charge in [-0.1, -0.05) is 50.0 Å². The maximum absolute atomic E-state index is 11.6. The van der Waals surface area contributed by atoms with Crippen LogP contribution in [0.4, 0.5) is 0 Å². The van der Waals surface area contributed by atoms with Crippen molar-refractivity contribution >= 4 is 40.3 Å². The Balaban J connectivity index is 1.89. The first kappa shape index (κ1) is 16.0. The van der Waals surface area contributed by atoms with Crippen molar-refractivity contribution in [3.63, 3.8) is 0 Å². The Morgan fingerprint density at radius 2 is 2.05 bits per heavy atom. The summed E-state index contributed by atoms with van der Waals surface area (Å²) in [5.41, 5.74) is 0.965. The second kappa shape index (κ2) is 7.61. The molecular weight excluding hydrogens is 302 g/mol. The number of ether oxygens (including phenoxy) is 1. The molecule has 0 radical (unpaired) electrons. The standard InChI is InChI=1S/C16H19NO2S2/c1-11(2)4-3-9-19-13-7-5-12(6-8-13)10-14-15(18)17-16(20)21-14/h5-8,10-11H,3-4,9H2,1-2H3,(H,17,18,20). The zero-order valence-corrected chi connectivity index (χ0v) is 13.9. The molecule has 0 atom stereocenters. The van der Waals surface area contributed by atoms with Crippen molar-refractivity contribution in [2.45, 2.75) is 26.7 Å². The van der Waals surface area contributed by atoms with Gasteiger partial charge in [-0.05, 0) is 42.5 Å². The summed E-state index contributed by atoms with van der Waals surface area (Å²) in [6.07, 6.45) is 4.08. The number of carbonyl (C=O) groups excluding carboxylic acids is 1. The average molecular weight is 321 g/mol. The lowest BCUT2D eigenvalue weighted by atomic mass is 10.1. The second-order valence-electron chi connectivity index (χ2n) is 5.31. The number of amides is 1. The summed E-state index contributed by atoms with van der Waals surface area (Å²) in [4.78, 5) is 12.2. The van der Waals surface area contributed by atoms with Crippen LogP contribution < -0.4 is 10.1 Å². The topological polar surface area (TPSA) is 38.3 Å². The molecule has 0 spiro atoms. The van der Waals surface area contributed by atoms with Gasteiger partial charge in [0.2, 0.25) is 0 Å². The molecule has 1 aromatic carbocycles. The van der Waals surface area contributed by atoms with Gasteiger partial charge in [-0.2, -0.15) is 0 Å². The Kier molecular flexibility index (Phi) is 5.82. The predicted molar refractivity (Wildman–Crippen MR) is 92.3 cm³/mol. The third-order valence-corrected chi connectivity index (χ3v) is 4.18. The number of carbonyl (C=O) groups is 1. The number of benzene rings is 1. The summed E-state index contributed by atoms with van der Waals surface area (Å²) in [5, 5.41) is 2.60. The Morgan fingerprint density at radius 1 is 1.33 bits per heavy atom. The van der Waals surface area contributed by atoms with Crippen LogP contribution in [0.25, 0.3) is 6.08 Å². The molecule has 0 aliphatic carbocycles. The van der Waals surface area contributed by atoms with Gasteiger partial charge in [0, 0.05) is 0 Å². The normalized spacial score (nSPS) is 16.6.